The Morgan fingerprint density at radius 1 is 1.89 bits per heavy atom. The molecule has 0 radical (unpaired) electrons. The quantitative estimate of drug-likeness (QED) is 0.472. The molecule has 0 saturated heterocycles. The van der Waals surface area contributed by atoms with Crippen molar-refractivity contribution in [1.29, 1.82) is 0 Å². The molecule has 0 atom stereocenters. The molecule has 2 N–H and O–H groups in total. The fourth-order valence-corrected chi connectivity index (χ4v) is 0.751. The monoisotopic (exact) mass is 146 g/mol. The lowest BCUT2D eigenvalue weighted by atomic mass is 11.0. The highest BCUT2D eigenvalue weighted by molar-refractivity contribution is 7.96. The number of nitrogens with one attached hydrogen (secondary N) is 1. The Morgan fingerprint density at radius 2 is 2.67 bits per heavy atom. The number of H-pyrrole nitrogens is 1. The van der Waals surface area contributed by atoms with E-state index in [-0.39, 0.29) is 4.63 Å². The standard InChI is InChI=1S/C3H4N3O2S/c7-6(8)9-3-4-1-2-5-3/h1-2,7H,(H,4,5)/q-1. The van der Waals surface area contributed by atoms with E-state index < -0.39 is 0 Å². The van der Waals surface area contributed by atoms with Crippen molar-refractivity contribution in [2.75, 3.05) is 0 Å². The molecule has 1 rings (SSSR count). The largest absolute Gasteiger partial charge is 0.752 e. The molecule has 50 valence electrons. The van der Waals surface area contributed by atoms with E-state index in [1.807, 2.05) is 0 Å². The molecular weight excluding hydrogens is 142 g/mol. The molecule has 0 aliphatic carbocycles. The SMILES string of the molecule is [O-]N(O)Sc1ncc[nH]1. The minimum Gasteiger partial charge on any atom is -0.752 e. The fraction of sp³-hybridized carbons (Fsp3) is 0. The highest BCUT2D eigenvalue weighted by Gasteiger charge is 1.92. The van der Waals surface area contributed by atoms with Crippen LogP contribution in [0.3, 0.4) is 0 Å². The summed E-state index contributed by atoms with van der Waals surface area (Å²) >= 11 is 0.572. The third kappa shape index (κ3) is 2.02. The molecule has 1 aromatic heterocycles. The summed E-state index contributed by atoms with van der Waals surface area (Å²) in [6.45, 7) is 0. The number of nitrogens with zero attached hydrogens (tertiary/aromatic N) is 2. The number of aromatic amines is 1. The van der Waals surface area contributed by atoms with Crippen LogP contribution in [0.5, 0.6) is 0 Å². The van der Waals surface area contributed by atoms with Crippen LogP contribution in [0.15, 0.2) is 17.6 Å². The van der Waals surface area contributed by atoms with Gasteiger partial charge in [-0.05, 0) is 0 Å². The van der Waals surface area contributed by atoms with E-state index in [4.69, 9.17) is 5.21 Å². The van der Waals surface area contributed by atoms with Gasteiger partial charge in [-0.2, -0.15) is 4.63 Å². The van der Waals surface area contributed by atoms with Gasteiger partial charge in [-0.3, -0.25) is 0 Å². The maximum atomic E-state index is 9.89. The smallest absolute Gasteiger partial charge is 0.181 e. The number of imidazole rings is 1. The van der Waals surface area contributed by atoms with Crippen molar-refractivity contribution in [2.45, 2.75) is 5.16 Å². The molecule has 0 saturated carbocycles. The molecule has 0 spiro atoms. The van der Waals surface area contributed by atoms with Gasteiger partial charge in [0.1, 0.15) is 0 Å². The Morgan fingerprint density at radius 3 is 3.11 bits per heavy atom. The van der Waals surface area contributed by atoms with E-state index in [0.29, 0.717) is 17.1 Å². The first-order valence-electron chi connectivity index (χ1n) is 2.12. The molecular formula is C3H4N3O2S-. The summed E-state index contributed by atoms with van der Waals surface area (Å²) in [5, 5.41) is 18.4. The van der Waals surface area contributed by atoms with E-state index >= 15 is 0 Å². The van der Waals surface area contributed by atoms with Crippen LogP contribution in [-0.2, 0) is 0 Å². The first-order chi connectivity index (χ1) is 4.29. The molecule has 6 heteroatoms. The van der Waals surface area contributed by atoms with Crippen LogP contribution in [0.2, 0.25) is 0 Å². The summed E-state index contributed by atoms with van der Waals surface area (Å²) in [5.41, 5.74) is 0. The van der Waals surface area contributed by atoms with E-state index in [9.17, 15) is 5.21 Å². The van der Waals surface area contributed by atoms with Gasteiger partial charge in [0.05, 0.1) is 0 Å². The van der Waals surface area contributed by atoms with Gasteiger partial charge in [-0.15, -0.1) is 0 Å². The van der Waals surface area contributed by atoms with Gasteiger partial charge in [-0.25, -0.2) is 4.98 Å². The predicted molar refractivity (Wildman–Crippen MR) is 31.4 cm³/mol. The van der Waals surface area contributed by atoms with Crippen LogP contribution in [0.25, 0.3) is 0 Å². The van der Waals surface area contributed by atoms with Crippen LogP contribution >= 0.6 is 11.9 Å². The summed E-state index contributed by atoms with van der Waals surface area (Å²) < 4.78 is -0.265. The number of rotatable bonds is 2. The minimum atomic E-state index is -0.265. The molecule has 1 heterocycles. The van der Waals surface area contributed by atoms with Crippen LogP contribution in [0.1, 0.15) is 0 Å². The number of hydrogen-bond donors (Lipinski definition) is 2. The first-order valence-corrected chi connectivity index (χ1v) is 2.90. The van der Waals surface area contributed by atoms with Crippen LogP contribution in [0.4, 0.5) is 0 Å². The van der Waals surface area contributed by atoms with Crippen LogP contribution in [0, 0.1) is 5.21 Å². The lowest BCUT2D eigenvalue weighted by molar-refractivity contribution is 0.0691. The second kappa shape index (κ2) is 2.83. The average molecular weight is 146 g/mol. The summed E-state index contributed by atoms with van der Waals surface area (Å²) in [6.07, 6.45) is 3.05. The van der Waals surface area contributed by atoms with Crippen molar-refractivity contribution in [3.05, 3.63) is 17.6 Å². The van der Waals surface area contributed by atoms with E-state index in [1.165, 1.54) is 6.20 Å². The zero-order valence-corrected chi connectivity index (χ0v) is 5.13. The van der Waals surface area contributed by atoms with Gasteiger partial charge in [-0.1, -0.05) is 0 Å². The Balaban J connectivity index is 2.48. The second-order valence-corrected chi connectivity index (χ2v) is 2.11. The van der Waals surface area contributed by atoms with Gasteiger partial charge in [0.25, 0.3) is 0 Å². The lowest BCUT2D eigenvalue weighted by Gasteiger charge is -2.14. The Kier molecular flexibility index (Phi) is 2.06. The van der Waals surface area contributed by atoms with Gasteiger partial charge in [0.15, 0.2) is 5.16 Å². The number of hydrogen-bond acceptors (Lipinski definition) is 5. The molecule has 0 fully saturated rings. The van der Waals surface area contributed by atoms with Crippen molar-refractivity contribution in [1.82, 2.24) is 14.6 Å². The first kappa shape index (κ1) is 6.56. The zero-order chi connectivity index (χ0) is 6.69. The van der Waals surface area contributed by atoms with Crippen molar-refractivity contribution < 1.29 is 5.21 Å². The zero-order valence-electron chi connectivity index (χ0n) is 4.31. The van der Waals surface area contributed by atoms with Crippen LogP contribution in [-0.4, -0.2) is 19.8 Å². The van der Waals surface area contributed by atoms with Gasteiger partial charge in [0, 0.05) is 24.3 Å². The Hall–Kier alpha value is -0.560. The normalized spacial score (nSPS) is 10.6. The third-order valence-corrected chi connectivity index (χ3v) is 1.19. The van der Waals surface area contributed by atoms with Gasteiger partial charge < -0.3 is 15.4 Å². The molecule has 0 bridgehead atoms. The maximum Gasteiger partial charge on any atom is 0.181 e. The number of aromatic nitrogens is 2. The summed E-state index contributed by atoms with van der Waals surface area (Å²) in [6, 6.07) is 0. The molecule has 9 heavy (non-hydrogen) atoms. The molecule has 0 aliphatic heterocycles. The maximum absolute atomic E-state index is 9.89. The lowest BCUT2D eigenvalue weighted by Crippen LogP contribution is -1.97. The predicted octanol–water partition coefficient (Wildman–Crippen LogP) is 0.606. The minimum absolute atomic E-state index is 0.265. The topological polar surface area (TPSA) is 75.2 Å². The van der Waals surface area contributed by atoms with Gasteiger partial charge in [0.2, 0.25) is 0 Å². The average Bonchev–Trinajstić information content (AvgIpc) is 2.15. The summed E-state index contributed by atoms with van der Waals surface area (Å²) in [7, 11) is 0. The van der Waals surface area contributed by atoms with E-state index in [1.54, 1.807) is 6.20 Å². The Bertz CT molecular complexity index is 164. The molecule has 0 amide bonds. The van der Waals surface area contributed by atoms with Crippen molar-refractivity contribution in [3.63, 3.8) is 0 Å². The molecule has 5 nitrogen and oxygen atoms in total. The molecule has 0 aromatic carbocycles. The van der Waals surface area contributed by atoms with Crippen molar-refractivity contribution >= 4 is 11.9 Å². The highest BCUT2D eigenvalue weighted by atomic mass is 32.2. The van der Waals surface area contributed by atoms with Crippen LogP contribution < -0.4 is 0 Å². The van der Waals surface area contributed by atoms with E-state index in [2.05, 4.69) is 9.97 Å². The highest BCUT2D eigenvalue weighted by Crippen LogP contribution is 2.12. The summed E-state index contributed by atoms with van der Waals surface area (Å²) in [4.78, 5) is 6.28. The Labute approximate surface area is 55.4 Å². The van der Waals surface area contributed by atoms with E-state index in [0.717, 1.165) is 0 Å². The van der Waals surface area contributed by atoms with Gasteiger partial charge >= 0.3 is 0 Å². The third-order valence-electron chi connectivity index (χ3n) is 0.638. The summed E-state index contributed by atoms with van der Waals surface area (Å²) in [5.74, 6) is 0. The molecule has 0 aliphatic rings. The fourth-order valence-electron chi connectivity index (χ4n) is 0.375. The second-order valence-electron chi connectivity index (χ2n) is 1.22. The van der Waals surface area contributed by atoms with Crippen molar-refractivity contribution in [3.8, 4) is 0 Å². The van der Waals surface area contributed by atoms with Crippen molar-refractivity contribution in [2.24, 2.45) is 0 Å². The molecule has 0 unspecified atom stereocenters. The molecule has 1 aromatic rings.